The third-order valence-corrected chi connectivity index (χ3v) is 2.76. The number of fused-ring (bicyclic) bond motifs is 2. The molecule has 0 amide bonds. The first-order chi connectivity index (χ1) is 6.24. The van der Waals surface area contributed by atoms with Crippen molar-refractivity contribution in [1.82, 2.24) is 0 Å². The van der Waals surface area contributed by atoms with Crippen LogP contribution in [0.2, 0.25) is 0 Å². The number of carbonyl (C=O) groups excluding carboxylic acids is 1. The molecule has 0 aromatic rings. The number of hydrogen-bond donors (Lipinski definition) is 0. The van der Waals surface area contributed by atoms with Gasteiger partial charge in [0.15, 0.2) is 0 Å². The molecule has 2 nitrogen and oxygen atoms in total. The fourth-order valence-electron chi connectivity index (χ4n) is 1.93. The number of rotatable bonds is 3. The zero-order valence-corrected chi connectivity index (χ0v) is 7.82. The molecule has 2 aliphatic rings. The van der Waals surface area contributed by atoms with E-state index in [1.807, 2.05) is 6.92 Å². The Kier molecular flexibility index (Phi) is 1.98. The van der Waals surface area contributed by atoms with E-state index in [4.69, 9.17) is 4.74 Å². The maximum Gasteiger partial charge on any atom is 0.305 e. The summed E-state index contributed by atoms with van der Waals surface area (Å²) in [7, 11) is 0. The van der Waals surface area contributed by atoms with Crippen LogP contribution in [0, 0.1) is 11.3 Å². The molecular formula is C11H14O2. The van der Waals surface area contributed by atoms with Crippen LogP contribution in [0.5, 0.6) is 0 Å². The molecule has 0 aliphatic heterocycles. The highest BCUT2D eigenvalue weighted by atomic mass is 16.5. The standard InChI is InChI=1S/C11H14O2/c1-2-10(12)13-8-11-5-3-9(7-11)4-6-11/h3-6,9H,2,7-8H2,1H3. The van der Waals surface area contributed by atoms with Crippen LogP contribution in [-0.2, 0) is 9.53 Å². The van der Waals surface area contributed by atoms with E-state index >= 15 is 0 Å². The van der Waals surface area contributed by atoms with Gasteiger partial charge >= 0.3 is 5.97 Å². The van der Waals surface area contributed by atoms with Gasteiger partial charge in [0.1, 0.15) is 6.61 Å². The van der Waals surface area contributed by atoms with Gasteiger partial charge in [-0.2, -0.15) is 0 Å². The smallest absolute Gasteiger partial charge is 0.305 e. The van der Waals surface area contributed by atoms with Crippen molar-refractivity contribution < 1.29 is 9.53 Å². The van der Waals surface area contributed by atoms with E-state index in [1.165, 1.54) is 0 Å². The largest absolute Gasteiger partial charge is 0.464 e. The van der Waals surface area contributed by atoms with Gasteiger partial charge in [0.25, 0.3) is 0 Å². The first-order valence-corrected chi connectivity index (χ1v) is 4.78. The van der Waals surface area contributed by atoms with Crippen molar-refractivity contribution in [1.29, 1.82) is 0 Å². The van der Waals surface area contributed by atoms with Crippen LogP contribution in [0.25, 0.3) is 0 Å². The molecule has 2 bridgehead atoms. The van der Waals surface area contributed by atoms with Gasteiger partial charge in [0.2, 0.25) is 0 Å². The van der Waals surface area contributed by atoms with E-state index < -0.39 is 0 Å². The summed E-state index contributed by atoms with van der Waals surface area (Å²) in [5, 5.41) is 0. The Morgan fingerprint density at radius 2 is 2.23 bits per heavy atom. The minimum atomic E-state index is -0.105. The van der Waals surface area contributed by atoms with E-state index in [9.17, 15) is 4.79 Å². The predicted molar refractivity (Wildman–Crippen MR) is 50.1 cm³/mol. The highest BCUT2D eigenvalue weighted by molar-refractivity contribution is 5.69. The second-order valence-electron chi connectivity index (χ2n) is 3.83. The quantitative estimate of drug-likeness (QED) is 0.488. The summed E-state index contributed by atoms with van der Waals surface area (Å²) in [6, 6.07) is 0. The molecular weight excluding hydrogens is 164 g/mol. The summed E-state index contributed by atoms with van der Waals surface area (Å²) in [5.41, 5.74) is 0.0372. The lowest BCUT2D eigenvalue weighted by Gasteiger charge is -2.20. The highest BCUT2D eigenvalue weighted by Crippen LogP contribution is 2.43. The van der Waals surface area contributed by atoms with Crippen molar-refractivity contribution in [3.05, 3.63) is 24.3 Å². The third-order valence-electron chi connectivity index (χ3n) is 2.76. The number of allylic oxidation sites excluding steroid dienone is 2. The van der Waals surface area contributed by atoms with Crippen molar-refractivity contribution >= 4 is 5.97 Å². The van der Waals surface area contributed by atoms with Crippen molar-refractivity contribution in [2.75, 3.05) is 6.61 Å². The SMILES string of the molecule is CCC(=O)OCC12C=CC(C=C1)C2. The minimum Gasteiger partial charge on any atom is -0.464 e. The van der Waals surface area contributed by atoms with Gasteiger partial charge in [-0.3, -0.25) is 4.79 Å². The van der Waals surface area contributed by atoms with Gasteiger partial charge in [0.05, 0.1) is 0 Å². The molecule has 2 aliphatic carbocycles. The topological polar surface area (TPSA) is 26.3 Å². The van der Waals surface area contributed by atoms with Gasteiger partial charge in [-0.05, 0) is 12.3 Å². The van der Waals surface area contributed by atoms with Gasteiger partial charge in [0, 0.05) is 11.8 Å². The summed E-state index contributed by atoms with van der Waals surface area (Å²) < 4.78 is 5.15. The lowest BCUT2D eigenvalue weighted by atomic mass is 9.91. The van der Waals surface area contributed by atoms with E-state index in [1.54, 1.807) is 0 Å². The second kappa shape index (κ2) is 3.02. The number of esters is 1. The molecule has 2 heteroatoms. The van der Waals surface area contributed by atoms with Crippen molar-refractivity contribution in [2.45, 2.75) is 19.8 Å². The minimum absolute atomic E-state index is 0.0372. The molecule has 0 fully saturated rings. The summed E-state index contributed by atoms with van der Waals surface area (Å²) >= 11 is 0. The van der Waals surface area contributed by atoms with Crippen LogP contribution in [0.1, 0.15) is 19.8 Å². The molecule has 0 radical (unpaired) electrons. The van der Waals surface area contributed by atoms with Crippen LogP contribution in [0.15, 0.2) is 24.3 Å². The molecule has 0 saturated carbocycles. The lowest BCUT2D eigenvalue weighted by Crippen LogP contribution is -2.20. The molecule has 0 spiro atoms. The average Bonchev–Trinajstić information content (AvgIpc) is 2.74. The zero-order valence-electron chi connectivity index (χ0n) is 7.82. The average molecular weight is 178 g/mol. The Morgan fingerprint density at radius 1 is 1.54 bits per heavy atom. The number of ether oxygens (including phenoxy) is 1. The van der Waals surface area contributed by atoms with Crippen LogP contribution < -0.4 is 0 Å². The molecule has 70 valence electrons. The Bertz CT molecular complexity index is 262. The second-order valence-corrected chi connectivity index (χ2v) is 3.83. The highest BCUT2D eigenvalue weighted by Gasteiger charge is 2.37. The molecule has 0 saturated heterocycles. The monoisotopic (exact) mass is 178 g/mol. The predicted octanol–water partition coefficient (Wildman–Crippen LogP) is 2.07. The first-order valence-electron chi connectivity index (χ1n) is 4.78. The normalized spacial score (nSPS) is 34.1. The summed E-state index contributed by atoms with van der Waals surface area (Å²) in [4.78, 5) is 11.0. The molecule has 0 aromatic heterocycles. The van der Waals surface area contributed by atoms with Crippen LogP contribution in [0.3, 0.4) is 0 Å². The van der Waals surface area contributed by atoms with Crippen molar-refractivity contribution in [2.24, 2.45) is 11.3 Å². The van der Waals surface area contributed by atoms with Gasteiger partial charge in [-0.1, -0.05) is 31.2 Å². The molecule has 13 heavy (non-hydrogen) atoms. The Morgan fingerprint density at radius 3 is 2.69 bits per heavy atom. The van der Waals surface area contributed by atoms with Crippen molar-refractivity contribution in [3.63, 3.8) is 0 Å². The lowest BCUT2D eigenvalue weighted by molar-refractivity contribution is -0.145. The molecule has 2 rings (SSSR count). The maximum absolute atomic E-state index is 11.0. The fourth-order valence-corrected chi connectivity index (χ4v) is 1.93. The molecule has 0 atom stereocenters. The Balaban J connectivity index is 1.91. The summed E-state index contributed by atoms with van der Waals surface area (Å²) in [5.74, 6) is 0.479. The van der Waals surface area contributed by atoms with Crippen LogP contribution in [-0.4, -0.2) is 12.6 Å². The third kappa shape index (κ3) is 1.53. The summed E-state index contributed by atoms with van der Waals surface area (Å²) in [6.07, 6.45) is 10.3. The van der Waals surface area contributed by atoms with Crippen LogP contribution >= 0.6 is 0 Å². The van der Waals surface area contributed by atoms with E-state index in [-0.39, 0.29) is 11.4 Å². The van der Waals surface area contributed by atoms with Gasteiger partial charge in [-0.15, -0.1) is 0 Å². The molecule has 0 unspecified atom stereocenters. The van der Waals surface area contributed by atoms with E-state index in [0.29, 0.717) is 18.9 Å². The molecule has 0 heterocycles. The summed E-state index contributed by atoms with van der Waals surface area (Å²) in [6.45, 7) is 2.33. The Hall–Kier alpha value is -1.05. The molecule has 0 N–H and O–H groups in total. The van der Waals surface area contributed by atoms with Gasteiger partial charge < -0.3 is 4.74 Å². The van der Waals surface area contributed by atoms with Gasteiger partial charge in [-0.25, -0.2) is 0 Å². The van der Waals surface area contributed by atoms with E-state index in [0.717, 1.165) is 6.42 Å². The maximum atomic E-state index is 11.0. The number of hydrogen-bond acceptors (Lipinski definition) is 2. The van der Waals surface area contributed by atoms with Crippen LogP contribution in [0.4, 0.5) is 0 Å². The zero-order chi connectivity index (χ0) is 9.31. The van der Waals surface area contributed by atoms with Crippen molar-refractivity contribution in [3.8, 4) is 0 Å². The van der Waals surface area contributed by atoms with E-state index in [2.05, 4.69) is 24.3 Å². The first kappa shape index (κ1) is 8.54. The Labute approximate surface area is 78.3 Å². The fraction of sp³-hybridized carbons (Fsp3) is 0.545. The number of carbonyl (C=O) groups is 1. The molecule has 0 aromatic carbocycles.